The highest BCUT2D eigenvalue weighted by Gasteiger charge is 2.35. The summed E-state index contributed by atoms with van der Waals surface area (Å²) in [5.41, 5.74) is 1.19. The highest BCUT2D eigenvalue weighted by atomic mass is 35.5. The highest BCUT2D eigenvalue weighted by molar-refractivity contribution is 7.89. The molecule has 1 unspecified atom stereocenters. The van der Waals surface area contributed by atoms with E-state index in [1.807, 2.05) is 0 Å². The van der Waals surface area contributed by atoms with E-state index in [4.69, 9.17) is 11.6 Å². The van der Waals surface area contributed by atoms with Gasteiger partial charge in [-0.2, -0.15) is 0 Å². The van der Waals surface area contributed by atoms with Crippen LogP contribution in [0.2, 0.25) is 5.02 Å². The van der Waals surface area contributed by atoms with E-state index in [1.54, 1.807) is 41.3 Å². The second kappa shape index (κ2) is 9.60. The predicted molar refractivity (Wildman–Crippen MR) is 124 cm³/mol. The number of nitrogens with zero attached hydrogens (tertiary/aromatic N) is 1. The van der Waals surface area contributed by atoms with Crippen LogP contribution < -0.4 is 14.9 Å². The van der Waals surface area contributed by atoms with E-state index < -0.39 is 15.9 Å². The van der Waals surface area contributed by atoms with Crippen LogP contribution in [0.1, 0.15) is 38.5 Å². The second-order valence-electron chi connectivity index (χ2n) is 8.35. The first-order valence-corrected chi connectivity index (χ1v) is 12.7. The molecule has 2 fully saturated rings. The summed E-state index contributed by atoms with van der Waals surface area (Å²) in [7, 11) is -3.59. The molecule has 0 radical (unpaired) electrons. The topological polar surface area (TPSA) is 95.6 Å². The van der Waals surface area contributed by atoms with Crippen molar-refractivity contribution in [3.05, 3.63) is 53.6 Å². The molecule has 4 rings (SSSR count). The molecule has 1 atom stereocenters. The Bertz CT molecular complexity index is 1080. The number of carbonyl (C=O) groups is 2. The Morgan fingerprint density at radius 1 is 0.969 bits per heavy atom. The number of rotatable bonds is 6. The van der Waals surface area contributed by atoms with Crippen LogP contribution in [0.3, 0.4) is 0 Å². The van der Waals surface area contributed by atoms with Crippen molar-refractivity contribution < 1.29 is 18.0 Å². The zero-order valence-corrected chi connectivity index (χ0v) is 19.2. The molecule has 2 aromatic rings. The Hall–Kier alpha value is -2.42. The van der Waals surface area contributed by atoms with Gasteiger partial charge in [0.25, 0.3) is 0 Å². The lowest BCUT2D eigenvalue weighted by Crippen LogP contribution is -2.36. The molecule has 2 aromatic carbocycles. The minimum Gasteiger partial charge on any atom is -0.326 e. The van der Waals surface area contributed by atoms with Crippen molar-refractivity contribution in [2.75, 3.05) is 16.8 Å². The minimum absolute atomic E-state index is 0.0170. The van der Waals surface area contributed by atoms with Gasteiger partial charge in [-0.1, -0.05) is 30.9 Å². The maximum atomic E-state index is 12.7. The molecule has 1 aliphatic carbocycles. The van der Waals surface area contributed by atoms with Crippen LogP contribution in [0.25, 0.3) is 0 Å². The normalized spacial score (nSPS) is 19.8. The maximum Gasteiger partial charge on any atom is 0.240 e. The smallest absolute Gasteiger partial charge is 0.240 e. The van der Waals surface area contributed by atoms with Gasteiger partial charge >= 0.3 is 0 Å². The maximum absolute atomic E-state index is 12.7. The molecule has 170 valence electrons. The number of carbonyl (C=O) groups excluding carboxylic acids is 2. The summed E-state index contributed by atoms with van der Waals surface area (Å²) in [5, 5.41) is 3.37. The fraction of sp³-hybridized carbons (Fsp3) is 0.391. The second-order valence-corrected chi connectivity index (χ2v) is 10.5. The molecule has 0 aromatic heterocycles. The summed E-state index contributed by atoms with van der Waals surface area (Å²) in [6.07, 6.45) is 5.07. The molecule has 9 heteroatoms. The molecule has 1 aliphatic heterocycles. The van der Waals surface area contributed by atoms with Crippen LogP contribution in [0, 0.1) is 5.92 Å². The third-order valence-corrected chi connectivity index (χ3v) is 7.78. The van der Waals surface area contributed by atoms with Crippen molar-refractivity contribution in [3.63, 3.8) is 0 Å². The molecule has 1 saturated heterocycles. The van der Waals surface area contributed by atoms with Gasteiger partial charge in [-0.05, 0) is 61.4 Å². The summed E-state index contributed by atoms with van der Waals surface area (Å²) in [4.78, 5) is 26.8. The molecule has 0 spiro atoms. The van der Waals surface area contributed by atoms with Crippen LogP contribution in [0.5, 0.6) is 0 Å². The Kier molecular flexibility index (Phi) is 6.83. The summed E-state index contributed by atoms with van der Waals surface area (Å²) in [6.45, 7) is 0.282. The third kappa shape index (κ3) is 5.31. The van der Waals surface area contributed by atoms with Gasteiger partial charge in [0.1, 0.15) is 0 Å². The lowest BCUT2D eigenvalue weighted by molar-refractivity contribution is -0.122. The first-order chi connectivity index (χ1) is 15.3. The summed E-state index contributed by atoms with van der Waals surface area (Å²) in [6, 6.07) is 13.0. The SMILES string of the molecule is O=C(Nc1ccc(S(=O)(=O)NC2CCCCC2)cc1)C1CC(=O)N(c2ccc(Cl)cc2)C1. The first kappa shape index (κ1) is 22.8. The van der Waals surface area contributed by atoms with Crippen molar-refractivity contribution in [1.82, 2.24) is 4.72 Å². The summed E-state index contributed by atoms with van der Waals surface area (Å²) < 4.78 is 28.0. The van der Waals surface area contributed by atoms with Gasteiger partial charge in [-0.25, -0.2) is 13.1 Å². The average molecular weight is 476 g/mol. The van der Waals surface area contributed by atoms with E-state index in [9.17, 15) is 18.0 Å². The van der Waals surface area contributed by atoms with Crippen molar-refractivity contribution in [3.8, 4) is 0 Å². The molecular weight excluding hydrogens is 450 g/mol. The number of anilines is 2. The summed E-state index contributed by atoms with van der Waals surface area (Å²) >= 11 is 5.90. The molecule has 1 saturated carbocycles. The van der Waals surface area contributed by atoms with E-state index in [0.717, 1.165) is 32.1 Å². The Morgan fingerprint density at radius 2 is 1.62 bits per heavy atom. The van der Waals surface area contributed by atoms with Crippen LogP contribution >= 0.6 is 11.6 Å². The number of hydrogen-bond acceptors (Lipinski definition) is 4. The van der Waals surface area contributed by atoms with Gasteiger partial charge < -0.3 is 10.2 Å². The molecule has 1 heterocycles. The van der Waals surface area contributed by atoms with E-state index in [1.165, 1.54) is 12.1 Å². The fourth-order valence-corrected chi connectivity index (χ4v) is 5.65. The quantitative estimate of drug-likeness (QED) is 0.661. The zero-order chi connectivity index (χ0) is 22.7. The molecule has 0 bridgehead atoms. The number of hydrogen-bond donors (Lipinski definition) is 2. The van der Waals surface area contributed by atoms with Crippen molar-refractivity contribution in [2.45, 2.75) is 49.5 Å². The number of nitrogens with one attached hydrogen (secondary N) is 2. The number of sulfonamides is 1. The van der Waals surface area contributed by atoms with Gasteiger partial charge in [0.15, 0.2) is 0 Å². The van der Waals surface area contributed by atoms with Crippen molar-refractivity contribution >= 4 is 44.8 Å². The van der Waals surface area contributed by atoms with E-state index >= 15 is 0 Å². The molecule has 2 amide bonds. The van der Waals surface area contributed by atoms with E-state index in [-0.39, 0.29) is 35.7 Å². The van der Waals surface area contributed by atoms with Crippen LogP contribution in [-0.2, 0) is 19.6 Å². The lowest BCUT2D eigenvalue weighted by Gasteiger charge is -2.22. The zero-order valence-electron chi connectivity index (χ0n) is 17.6. The third-order valence-electron chi connectivity index (χ3n) is 5.99. The van der Waals surface area contributed by atoms with Crippen LogP contribution in [0.15, 0.2) is 53.4 Å². The highest BCUT2D eigenvalue weighted by Crippen LogP contribution is 2.27. The Morgan fingerprint density at radius 3 is 2.28 bits per heavy atom. The van der Waals surface area contributed by atoms with Crippen molar-refractivity contribution in [1.29, 1.82) is 0 Å². The van der Waals surface area contributed by atoms with Crippen molar-refractivity contribution in [2.24, 2.45) is 5.92 Å². The van der Waals surface area contributed by atoms with E-state index in [2.05, 4.69) is 10.0 Å². The molecule has 2 aliphatic rings. The van der Waals surface area contributed by atoms with Gasteiger partial charge in [0, 0.05) is 35.4 Å². The minimum atomic E-state index is -3.59. The molecule has 2 N–H and O–H groups in total. The van der Waals surface area contributed by atoms with Gasteiger partial charge in [-0.3, -0.25) is 9.59 Å². The van der Waals surface area contributed by atoms with Gasteiger partial charge in [0.05, 0.1) is 10.8 Å². The molecule has 7 nitrogen and oxygen atoms in total. The monoisotopic (exact) mass is 475 g/mol. The number of amides is 2. The number of halogens is 1. The lowest BCUT2D eigenvalue weighted by atomic mass is 9.96. The van der Waals surface area contributed by atoms with Gasteiger partial charge in [-0.15, -0.1) is 0 Å². The first-order valence-electron chi connectivity index (χ1n) is 10.8. The molecular formula is C23H26ClN3O4S. The predicted octanol–water partition coefficient (Wildman–Crippen LogP) is 3.94. The number of benzene rings is 2. The van der Waals surface area contributed by atoms with E-state index in [0.29, 0.717) is 16.4 Å². The van der Waals surface area contributed by atoms with Crippen LogP contribution in [-0.4, -0.2) is 32.8 Å². The van der Waals surface area contributed by atoms with Gasteiger partial charge in [0.2, 0.25) is 21.8 Å². The Balaban J connectivity index is 1.36. The van der Waals surface area contributed by atoms with Crippen LogP contribution in [0.4, 0.5) is 11.4 Å². The largest absolute Gasteiger partial charge is 0.326 e. The molecule has 32 heavy (non-hydrogen) atoms. The summed E-state index contributed by atoms with van der Waals surface area (Å²) in [5.74, 6) is -0.886. The standard InChI is InChI=1S/C23H26ClN3O4S/c24-17-6-10-20(11-7-17)27-15-16(14-22(27)28)23(29)25-18-8-12-21(13-9-18)32(30,31)26-19-4-2-1-3-5-19/h6-13,16,19,26H,1-5,14-15H2,(H,25,29). The Labute approximate surface area is 193 Å². The average Bonchev–Trinajstić information content (AvgIpc) is 3.17. The fourth-order valence-electron chi connectivity index (χ4n) is 4.22.